The molecule has 4 heteroatoms. The van der Waals surface area contributed by atoms with Crippen LogP contribution in [0.15, 0.2) is 18.5 Å². The van der Waals surface area contributed by atoms with Crippen molar-refractivity contribution in [3.05, 3.63) is 23.5 Å². The number of nitrogens with zero attached hydrogens (tertiary/aromatic N) is 1. The molecule has 0 aromatic carbocycles. The Morgan fingerprint density at radius 3 is 3.06 bits per heavy atom. The summed E-state index contributed by atoms with van der Waals surface area (Å²) in [4.78, 5) is 4.09. The Balaban J connectivity index is 1.97. The molecule has 94 valence electrons. The maximum atomic E-state index is 6.11. The molecule has 1 saturated heterocycles. The minimum absolute atomic E-state index is 0.344. The minimum Gasteiger partial charge on any atom is -0.380 e. The molecule has 1 N–H and O–H groups in total. The molecular weight excluding hydrogens is 236 g/mol. The highest BCUT2D eigenvalue weighted by atomic mass is 35.5. The highest BCUT2D eigenvalue weighted by Gasteiger charge is 2.25. The van der Waals surface area contributed by atoms with Gasteiger partial charge in [0.25, 0.3) is 0 Å². The fraction of sp³-hybridized carbons (Fsp3) is 0.615. The van der Waals surface area contributed by atoms with Gasteiger partial charge in [-0.1, -0.05) is 25.4 Å². The maximum absolute atomic E-state index is 6.11. The van der Waals surface area contributed by atoms with Gasteiger partial charge in [-0.15, -0.1) is 0 Å². The van der Waals surface area contributed by atoms with Crippen molar-refractivity contribution in [3.63, 3.8) is 0 Å². The van der Waals surface area contributed by atoms with Crippen LogP contribution in [0.1, 0.15) is 26.7 Å². The van der Waals surface area contributed by atoms with Crippen molar-refractivity contribution in [2.24, 2.45) is 5.92 Å². The predicted molar refractivity (Wildman–Crippen MR) is 70.5 cm³/mol. The second-order valence-corrected chi connectivity index (χ2v) is 5.28. The van der Waals surface area contributed by atoms with Crippen molar-refractivity contribution in [3.8, 4) is 0 Å². The van der Waals surface area contributed by atoms with Crippen LogP contribution < -0.4 is 5.32 Å². The van der Waals surface area contributed by atoms with Crippen LogP contribution in [0.3, 0.4) is 0 Å². The first-order valence-corrected chi connectivity index (χ1v) is 6.52. The largest absolute Gasteiger partial charge is 0.380 e. The van der Waals surface area contributed by atoms with E-state index in [4.69, 9.17) is 16.3 Å². The van der Waals surface area contributed by atoms with Crippen LogP contribution in [0, 0.1) is 5.92 Å². The molecule has 2 atom stereocenters. The molecule has 0 bridgehead atoms. The normalized spacial score (nSPS) is 24.9. The van der Waals surface area contributed by atoms with Gasteiger partial charge in [-0.25, -0.2) is 0 Å². The molecule has 0 radical (unpaired) electrons. The quantitative estimate of drug-likeness (QED) is 0.898. The van der Waals surface area contributed by atoms with Gasteiger partial charge in [0.05, 0.1) is 23.0 Å². The number of halogens is 1. The molecule has 0 saturated carbocycles. The number of rotatable bonds is 3. The van der Waals surface area contributed by atoms with Gasteiger partial charge in [0.2, 0.25) is 0 Å². The lowest BCUT2D eigenvalue weighted by molar-refractivity contribution is -0.0160. The number of aromatic nitrogens is 1. The third kappa shape index (κ3) is 3.33. The number of nitrogens with one attached hydrogen (secondary N) is 1. The topological polar surface area (TPSA) is 34.2 Å². The lowest BCUT2D eigenvalue weighted by Crippen LogP contribution is -2.36. The van der Waals surface area contributed by atoms with Crippen LogP contribution in [0.4, 0.5) is 5.69 Å². The Morgan fingerprint density at radius 2 is 2.35 bits per heavy atom. The van der Waals surface area contributed by atoms with Crippen molar-refractivity contribution in [2.45, 2.75) is 38.8 Å². The number of ether oxygens (including phenoxy) is 1. The summed E-state index contributed by atoms with van der Waals surface area (Å²) in [5.74, 6) is 0.559. The molecule has 2 unspecified atom stereocenters. The standard InChI is InChI=1S/C13H19ClN2O/c1-9(2)13-7-10(4-6-17-13)16-12-8-15-5-3-11(12)14/h3,5,8-10,13,16H,4,6-7H2,1-2H3. The Labute approximate surface area is 108 Å². The number of pyridine rings is 1. The van der Waals surface area contributed by atoms with E-state index < -0.39 is 0 Å². The first kappa shape index (κ1) is 12.7. The van der Waals surface area contributed by atoms with Crippen molar-refractivity contribution in [1.29, 1.82) is 0 Å². The fourth-order valence-electron chi connectivity index (χ4n) is 2.13. The van der Waals surface area contributed by atoms with Gasteiger partial charge >= 0.3 is 0 Å². The molecular formula is C13H19ClN2O. The predicted octanol–water partition coefficient (Wildman–Crippen LogP) is 3.35. The first-order valence-electron chi connectivity index (χ1n) is 6.14. The molecule has 1 fully saturated rings. The molecule has 0 amide bonds. The molecule has 2 heterocycles. The van der Waals surface area contributed by atoms with Crippen LogP contribution in [-0.2, 0) is 4.74 Å². The van der Waals surface area contributed by atoms with E-state index in [1.165, 1.54) is 0 Å². The zero-order valence-electron chi connectivity index (χ0n) is 10.3. The molecule has 0 aliphatic carbocycles. The number of hydrogen-bond donors (Lipinski definition) is 1. The van der Waals surface area contributed by atoms with Gasteiger partial charge < -0.3 is 10.1 Å². The molecule has 1 aromatic rings. The SMILES string of the molecule is CC(C)C1CC(Nc2cnccc2Cl)CCO1. The summed E-state index contributed by atoms with van der Waals surface area (Å²) in [5, 5.41) is 4.19. The van der Waals surface area contributed by atoms with Crippen LogP contribution in [0.25, 0.3) is 0 Å². The number of hydrogen-bond acceptors (Lipinski definition) is 3. The molecule has 1 aliphatic heterocycles. The highest BCUT2D eigenvalue weighted by Crippen LogP contribution is 2.26. The third-order valence-corrected chi connectivity index (χ3v) is 3.52. The molecule has 3 nitrogen and oxygen atoms in total. The average molecular weight is 255 g/mol. The summed E-state index contributed by atoms with van der Waals surface area (Å²) in [6.07, 6.45) is 5.88. The van der Waals surface area contributed by atoms with E-state index in [2.05, 4.69) is 24.1 Å². The Hall–Kier alpha value is -0.800. The Morgan fingerprint density at radius 1 is 1.53 bits per heavy atom. The monoisotopic (exact) mass is 254 g/mol. The highest BCUT2D eigenvalue weighted by molar-refractivity contribution is 6.33. The second kappa shape index (κ2) is 5.69. The van der Waals surface area contributed by atoms with E-state index in [-0.39, 0.29) is 0 Å². The van der Waals surface area contributed by atoms with E-state index in [0.717, 1.165) is 30.2 Å². The maximum Gasteiger partial charge on any atom is 0.0718 e. The lowest BCUT2D eigenvalue weighted by atomic mass is 9.95. The second-order valence-electron chi connectivity index (χ2n) is 4.87. The molecule has 1 aliphatic rings. The van der Waals surface area contributed by atoms with E-state index in [1.54, 1.807) is 12.4 Å². The summed E-state index contributed by atoms with van der Waals surface area (Å²) in [6.45, 7) is 5.21. The zero-order chi connectivity index (χ0) is 12.3. The zero-order valence-corrected chi connectivity index (χ0v) is 11.1. The molecule has 0 spiro atoms. The summed E-state index contributed by atoms with van der Waals surface area (Å²) in [5.41, 5.74) is 0.920. The van der Waals surface area contributed by atoms with E-state index >= 15 is 0 Å². The Kier molecular flexibility index (Phi) is 4.24. The summed E-state index contributed by atoms with van der Waals surface area (Å²) in [7, 11) is 0. The van der Waals surface area contributed by atoms with Crippen LogP contribution >= 0.6 is 11.6 Å². The van der Waals surface area contributed by atoms with Crippen LogP contribution in [-0.4, -0.2) is 23.7 Å². The third-order valence-electron chi connectivity index (χ3n) is 3.19. The number of anilines is 1. The van der Waals surface area contributed by atoms with E-state index in [1.807, 2.05) is 6.07 Å². The Bertz CT molecular complexity index is 370. The summed E-state index contributed by atoms with van der Waals surface area (Å²) < 4.78 is 5.75. The van der Waals surface area contributed by atoms with Crippen molar-refractivity contribution >= 4 is 17.3 Å². The van der Waals surface area contributed by atoms with E-state index in [0.29, 0.717) is 18.1 Å². The van der Waals surface area contributed by atoms with Gasteiger partial charge in [-0.05, 0) is 24.8 Å². The van der Waals surface area contributed by atoms with Gasteiger partial charge in [0, 0.05) is 18.8 Å². The van der Waals surface area contributed by atoms with E-state index in [9.17, 15) is 0 Å². The fourth-order valence-corrected chi connectivity index (χ4v) is 2.29. The summed E-state index contributed by atoms with van der Waals surface area (Å²) >= 11 is 6.11. The van der Waals surface area contributed by atoms with Crippen molar-refractivity contribution < 1.29 is 4.74 Å². The van der Waals surface area contributed by atoms with Gasteiger partial charge in [0.1, 0.15) is 0 Å². The van der Waals surface area contributed by atoms with Crippen LogP contribution in [0.5, 0.6) is 0 Å². The first-order chi connectivity index (χ1) is 8.16. The van der Waals surface area contributed by atoms with Crippen molar-refractivity contribution in [1.82, 2.24) is 4.98 Å². The minimum atomic E-state index is 0.344. The molecule has 2 rings (SSSR count). The lowest BCUT2D eigenvalue weighted by Gasteiger charge is -2.33. The van der Waals surface area contributed by atoms with Gasteiger partial charge in [-0.2, -0.15) is 0 Å². The van der Waals surface area contributed by atoms with Gasteiger partial charge in [-0.3, -0.25) is 4.98 Å². The average Bonchev–Trinajstić information content (AvgIpc) is 2.32. The van der Waals surface area contributed by atoms with Crippen molar-refractivity contribution in [2.75, 3.05) is 11.9 Å². The molecule has 1 aromatic heterocycles. The smallest absolute Gasteiger partial charge is 0.0718 e. The summed E-state index contributed by atoms with van der Waals surface area (Å²) in [6, 6.07) is 2.24. The van der Waals surface area contributed by atoms with Crippen LogP contribution in [0.2, 0.25) is 5.02 Å². The van der Waals surface area contributed by atoms with Gasteiger partial charge in [0.15, 0.2) is 0 Å². The molecule has 17 heavy (non-hydrogen) atoms.